The number of amides is 2. The van der Waals surface area contributed by atoms with E-state index in [4.69, 9.17) is 23.2 Å². The van der Waals surface area contributed by atoms with Gasteiger partial charge in [-0.1, -0.05) is 43.5 Å². The maximum atomic E-state index is 16.6. The molecular formula is C44H42Cl2F2N4O6. The zero-order valence-electron chi connectivity index (χ0n) is 32.4. The zero-order valence-corrected chi connectivity index (χ0v) is 33.9. The lowest BCUT2D eigenvalue weighted by molar-refractivity contribution is -0.129. The Labute approximate surface area is 343 Å². The van der Waals surface area contributed by atoms with E-state index in [-0.39, 0.29) is 62.0 Å². The summed E-state index contributed by atoms with van der Waals surface area (Å²) in [7, 11) is 0. The smallest absolute Gasteiger partial charge is 0.262 e. The molecule has 0 spiro atoms. The number of nitrogens with zero attached hydrogens (tertiary/aromatic N) is 2. The van der Waals surface area contributed by atoms with E-state index in [0.717, 1.165) is 12.1 Å². The third-order valence-corrected chi connectivity index (χ3v) is 11.1. The molecule has 0 saturated carbocycles. The number of unbranched alkanes of at least 4 members (excludes halogenated alkanes) is 1. The van der Waals surface area contributed by atoms with Gasteiger partial charge in [0.1, 0.15) is 0 Å². The maximum Gasteiger partial charge on any atom is 0.262 e. The van der Waals surface area contributed by atoms with Gasteiger partial charge in [-0.25, -0.2) is 8.78 Å². The van der Waals surface area contributed by atoms with E-state index in [1.807, 2.05) is 13.8 Å². The number of aromatic nitrogens is 2. The molecule has 6 rings (SSSR count). The Morgan fingerprint density at radius 1 is 0.672 bits per heavy atom. The SMILES string of the molecule is CCCCNC(=O)C(c1c(C)n(C(=O)c2ccc(Cl)cc2)c2ccc(O)c(F)c12)C(C(=O)NC(C)CC)c1c(C)n(C(=O)c2ccc(Cl)cc2)c2ccc(O)c(F)c12. The Hall–Kier alpha value is -5.72. The lowest BCUT2D eigenvalue weighted by Gasteiger charge is -2.29. The number of carbonyl (C=O) groups excluding carboxylic acids is 4. The number of phenols is 2. The monoisotopic (exact) mass is 830 g/mol. The van der Waals surface area contributed by atoms with Crippen LogP contribution in [0.25, 0.3) is 21.8 Å². The van der Waals surface area contributed by atoms with Crippen LogP contribution in [0.1, 0.15) is 95.1 Å². The first-order valence-electron chi connectivity index (χ1n) is 18.9. The number of phenolic OH excluding ortho intramolecular Hbond substituents is 2. The van der Waals surface area contributed by atoms with E-state index in [0.29, 0.717) is 29.3 Å². The molecule has 10 nitrogen and oxygen atoms in total. The van der Waals surface area contributed by atoms with Gasteiger partial charge in [-0.15, -0.1) is 0 Å². The topological polar surface area (TPSA) is 143 Å². The molecule has 3 unspecified atom stereocenters. The fourth-order valence-electron chi connectivity index (χ4n) is 7.52. The molecule has 2 amide bonds. The van der Waals surface area contributed by atoms with Crippen LogP contribution in [0.5, 0.6) is 11.5 Å². The van der Waals surface area contributed by atoms with Crippen molar-refractivity contribution in [1.82, 2.24) is 19.8 Å². The third-order valence-electron chi connectivity index (χ3n) is 10.6. The molecule has 302 valence electrons. The number of halogens is 4. The highest BCUT2D eigenvalue weighted by molar-refractivity contribution is 6.31. The molecule has 2 heterocycles. The Morgan fingerprint density at radius 3 is 1.48 bits per heavy atom. The van der Waals surface area contributed by atoms with Gasteiger partial charge in [-0.2, -0.15) is 0 Å². The molecular weight excluding hydrogens is 789 g/mol. The molecule has 4 aromatic carbocycles. The summed E-state index contributed by atoms with van der Waals surface area (Å²) in [5.74, 6) is -10.1. The normalized spacial score (nSPS) is 13.1. The quantitative estimate of drug-likeness (QED) is 0.0906. The number of hydrogen-bond acceptors (Lipinski definition) is 6. The van der Waals surface area contributed by atoms with Crippen molar-refractivity contribution in [1.29, 1.82) is 0 Å². The summed E-state index contributed by atoms with van der Waals surface area (Å²) >= 11 is 12.2. The average Bonchev–Trinajstić information content (AvgIpc) is 3.66. The van der Waals surface area contributed by atoms with Crippen LogP contribution in [-0.4, -0.2) is 55.6 Å². The van der Waals surface area contributed by atoms with Gasteiger partial charge in [-0.3, -0.25) is 28.3 Å². The highest BCUT2D eigenvalue weighted by Gasteiger charge is 2.44. The number of nitrogens with one attached hydrogen (secondary N) is 2. The molecule has 0 aliphatic heterocycles. The summed E-state index contributed by atoms with van der Waals surface area (Å²) in [6, 6.07) is 16.3. The van der Waals surface area contributed by atoms with Crippen molar-refractivity contribution in [3.63, 3.8) is 0 Å². The third kappa shape index (κ3) is 7.54. The number of rotatable bonds is 12. The molecule has 0 aliphatic rings. The molecule has 58 heavy (non-hydrogen) atoms. The fourth-order valence-corrected chi connectivity index (χ4v) is 7.77. The number of aromatic hydroxyl groups is 2. The molecule has 6 aromatic rings. The van der Waals surface area contributed by atoms with Crippen LogP contribution in [0.3, 0.4) is 0 Å². The highest BCUT2D eigenvalue weighted by atomic mass is 35.5. The molecule has 4 N–H and O–H groups in total. The minimum atomic E-state index is -1.72. The summed E-state index contributed by atoms with van der Waals surface area (Å²) in [6.45, 7) is 8.59. The lowest BCUT2D eigenvalue weighted by atomic mass is 9.77. The molecule has 0 bridgehead atoms. The zero-order chi connectivity index (χ0) is 42.2. The van der Waals surface area contributed by atoms with Crippen molar-refractivity contribution in [3.05, 3.63) is 128 Å². The van der Waals surface area contributed by atoms with Crippen LogP contribution in [0, 0.1) is 25.5 Å². The summed E-state index contributed by atoms with van der Waals surface area (Å²) in [5.41, 5.74) is 0.135. The van der Waals surface area contributed by atoms with Crippen molar-refractivity contribution in [2.75, 3.05) is 6.54 Å². The predicted molar refractivity (Wildman–Crippen MR) is 220 cm³/mol. The summed E-state index contributed by atoms with van der Waals surface area (Å²) < 4.78 is 35.7. The van der Waals surface area contributed by atoms with Crippen LogP contribution in [-0.2, 0) is 9.59 Å². The van der Waals surface area contributed by atoms with E-state index in [1.54, 1.807) is 6.92 Å². The van der Waals surface area contributed by atoms with Crippen molar-refractivity contribution in [2.45, 2.75) is 71.8 Å². The second kappa shape index (κ2) is 17.0. The Morgan fingerprint density at radius 2 is 1.09 bits per heavy atom. The van der Waals surface area contributed by atoms with Gasteiger partial charge in [0.2, 0.25) is 11.8 Å². The summed E-state index contributed by atoms with van der Waals surface area (Å²) in [5, 5.41) is 27.5. The van der Waals surface area contributed by atoms with Gasteiger partial charge >= 0.3 is 0 Å². The minimum absolute atomic E-state index is 0.0175. The van der Waals surface area contributed by atoms with E-state index in [9.17, 15) is 24.6 Å². The largest absolute Gasteiger partial charge is 0.505 e. The Balaban J connectivity index is 1.75. The molecule has 14 heteroatoms. The van der Waals surface area contributed by atoms with Crippen LogP contribution >= 0.6 is 23.2 Å². The van der Waals surface area contributed by atoms with Gasteiger partial charge in [0.05, 0.1) is 22.9 Å². The average molecular weight is 832 g/mol. The van der Waals surface area contributed by atoms with Crippen LogP contribution in [0.4, 0.5) is 8.78 Å². The number of carbonyl (C=O) groups is 4. The molecule has 0 fully saturated rings. The second-order valence-corrected chi connectivity index (χ2v) is 15.2. The number of fused-ring (bicyclic) bond motifs is 2. The molecule has 2 aromatic heterocycles. The van der Waals surface area contributed by atoms with Crippen molar-refractivity contribution in [2.24, 2.45) is 0 Å². The highest BCUT2D eigenvalue weighted by Crippen LogP contribution is 2.47. The molecule has 0 aliphatic carbocycles. The Bertz CT molecular complexity index is 2580. The first-order valence-corrected chi connectivity index (χ1v) is 19.6. The van der Waals surface area contributed by atoms with Crippen molar-refractivity contribution in [3.8, 4) is 11.5 Å². The van der Waals surface area contributed by atoms with Gasteiger partial charge in [0.15, 0.2) is 23.1 Å². The predicted octanol–water partition coefficient (Wildman–Crippen LogP) is 9.28. The lowest BCUT2D eigenvalue weighted by Crippen LogP contribution is -2.43. The summed E-state index contributed by atoms with van der Waals surface area (Å²) in [6.07, 6.45) is 1.67. The molecule has 3 atom stereocenters. The van der Waals surface area contributed by atoms with E-state index < -0.39 is 64.6 Å². The number of hydrogen-bond donors (Lipinski definition) is 4. The molecule has 0 radical (unpaired) electrons. The van der Waals surface area contributed by atoms with Gasteiger partial charge in [-0.05, 0) is 118 Å². The van der Waals surface area contributed by atoms with E-state index >= 15 is 13.6 Å². The first kappa shape index (κ1) is 41.9. The van der Waals surface area contributed by atoms with Crippen LogP contribution < -0.4 is 10.6 Å². The van der Waals surface area contributed by atoms with E-state index in [2.05, 4.69) is 10.6 Å². The minimum Gasteiger partial charge on any atom is -0.505 e. The fraction of sp³-hybridized carbons (Fsp3) is 0.273. The summed E-state index contributed by atoms with van der Waals surface area (Å²) in [4.78, 5) is 58.6. The van der Waals surface area contributed by atoms with Crippen molar-refractivity contribution >= 4 is 68.6 Å². The van der Waals surface area contributed by atoms with Gasteiger partial charge < -0.3 is 20.8 Å². The number of benzene rings is 4. The van der Waals surface area contributed by atoms with Crippen LogP contribution in [0.15, 0.2) is 72.8 Å². The maximum absolute atomic E-state index is 16.6. The molecule has 0 saturated heterocycles. The van der Waals surface area contributed by atoms with Gasteiger partial charge in [0.25, 0.3) is 11.8 Å². The van der Waals surface area contributed by atoms with Crippen molar-refractivity contribution < 1.29 is 38.2 Å². The van der Waals surface area contributed by atoms with Crippen LogP contribution in [0.2, 0.25) is 10.0 Å². The van der Waals surface area contributed by atoms with Gasteiger partial charge in [0, 0.05) is 55.9 Å². The first-order chi connectivity index (χ1) is 27.6. The Kier molecular flexibility index (Phi) is 12.3. The standard InChI is InChI=1S/C44H42Cl2F2N4O6/c1-6-8-21-49-41(55)37(33-23(4)51(29-17-19-31(53)39(47)35(29)33)43(57)25-9-13-27(45)14-10-25)38(42(56)50-22(3)7-2)34-24(5)52(30-18-20-32(54)40(48)36(30)34)44(58)26-11-15-28(46)16-12-26/h9-20,22,37-38,53-54H,6-8,21H2,1-5H3,(H,49,55)(H,50,56). The van der Waals surface area contributed by atoms with E-state index in [1.165, 1.54) is 83.6 Å². The second-order valence-electron chi connectivity index (χ2n) is 14.3.